The van der Waals surface area contributed by atoms with Crippen molar-refractivity contribution in [2.24, 2.45) is 11.8 Å². The van der Waals surface area contributed by atoms with Crippen molar-refractivity contribution in [3.05, 3.63) is 34.2 Å². The van der Waals surface area contributed by atoms with Crippen molar-refractivity contribution in [2.75, 3.05) is 13.7 Å². The third-order valence-electron chi connectivity index (χ3n) is 5.62. The second-order valence-electron chi connectivity index (χ2n) is 6.32. The van der Waals surface area contributed by atoms with Crippen molar-refractivity contribution in [2.45, 2.75) is 37.6 Å². The Morgan fingerprint density at radius 2 is 2.26 bits per heavy atom. The zero-order valence-corrected chi connectivity index (χ0v) is 11.4. The van der Waals surface area contributed by atoms with E-state index in [0.29, 0.717) is 11.8 Å². The van der Waals surface area contributed by atoms with Crippen LogP contribution in [0.2, 0.25) is 0 Å². The van der Waals surface area contributed by atoms with Crippen molar-refractivity contribution in [1.82, 2.24) is 0 Å². The summed E-state index contributed by atoms with van der Waals surface area (Å²) < 4.78 is 6.79. The molecule has 0 spiro atoms. The summed E-state index contributed by atoms with van der Waals surface area (Å²) in [4.78, 5) is 12.7. The topological polar surface area (TPSA) is 29.3 Å². The predicted molar refractivity (Wildman–Crippen MR) is 72.3 cm³/mol. The Morgan fingerprint density at radius 3 is 3.11 bits per heavy atom. The molecular formula is C16H20NO2+. The second kappa shape index (κ2) is 3.81. The first-order chi connectivity index (χ1) is 9.25. The maximum absolute atomic E-state index is 12.7. The maximum Gasteiger partial charge on any atom is 0.239 e. The van der Waals surface area contributed by atoms with E-state index in [2.05, 4.69) is 12.1 Å². The minimum atomic E-state index is -0.231. The van der Waals surface area contributed by atoms with Gasteiger partial charge in [-0.2, -0.15) is 0 Å². The molecule has 100 valence electrons. The van der Waals surface area contributed by atoms with E-state index >= 15 is 0 Å². The fourth-order valence-electron chi connectivity index (χ4n) is 4.84. The molecule has 0 N–H and O–H groups in total. The SMILES string of the molecule is COc1ccc2c(c1)[C@]13CCCC[C@H]1[C@@H](C2)C[N+]3=O. The number of hydrogen-bond donors (Lipinski definition) is 0. The Bertz CT molecular complexity index is 554. The minimum Gasteiger partial charge on any atom is -0.497 e. The van der Waals surface area contributed by atoms with Crippen molar-refractivity contribution in [3.8, 4) is 5.75 Å². The highest BCUT2D eigenvalue weighted by atomic mass is 16.5. The van der Waals surface area contributed by atoms with Gasteiger partial charge in [0.1, 0.15) is 5.75 Å². The van der Waals surface area contributed by atoms with Crippen molar-refractivity contribution in [1.29, 1.82) is 0 Å². The fraction of sp³-hybridized carbons (Fsp3) is 0.625. The molecule has 3 nitrogen and oxygen atoms in total. The molecule has 0 unspecified atom stereocenters. The summed E-state index contributed by atoms with van der Waals surface area (Å²) >= 11 is 0. The molecule has 0 amide bonds. The van der Waals surface area contributed by atoms with Crippen LogP contribution in [0.4, 0.5) is 0 Å². The number of benzene rings is 1. The molecule has 1 heterocycles. The van der Waals surface area contributed by atoms with Crippen LogP contribution in [0.15, 0.2) is 18.2 Å². The highest BCUT2D eigenvalue weighted by molar-refractivity contribution is 5.43. The van der Waals surface area contributed by atoms with E-state index in [9.17, 15) is 4.91 Å². The van der Waals surface area contributed by atoms with Gasteiger partial charge in [-0.05, 0) is 37.0 Å². The van der Waals surface area contributed by atoms with Crippen molar-refractivity contribution >= 4 is 0 Å². The van der Waals surface area contributed by atoms with Crippen LogP contribution in [0.1, 0.15) is 36.8 Å². The largest absolute Gasteiger partial charge is 0.497 e. The van der Waals surface area contributed by atoms with Gasteiger partial charge in [-0.15, -0.1) is 0 Å². The Labute approximate surface area is 113 Å². The number of methoxy groups -OCH3 is 1. The van der Waals surface area contributed by atoms with Crippen LogP contribution in [-0.4, -0.2) is 18.4 Å². The average Bonchev–Trinajstić information content (AvgIpc) is 2.67. The van der Waals surface area contributed by atoms with Crippen LogP contribution in [0.25, 0.3) is 0 Å². The molecule has 3 aliphatic rings. The quantitative estimate of drug-likeness (QED) is 0.724. The van der Waals surface area contributed by atoms with E-state index in [1.54, 1.807) is 7.11 Å². The lowest BCUT2D eigenvalue weighted by molar-refractivity contribution is -0.623. The molecule has 1 saturated heterocycles. The standard InChI is InChI=1S/C16H20NO2/c1-19-13-6-5-11-8-12-10-17(18)16(15(11)9-13)7-3-2-4-14(12)16/h5-6,9,12,14H,2-4,7-8,10H2,1H3/q+1/t12-,14-,16-/m0/s1. The van der Waals surface area contributed by atoms with E-state index in [0.717, 1.165) is 25.1 Å². The van der Waals surface area contributed by atoms with Gasteiger partial charge >= 0.3 is 0 Å². The Morgan fingerprint density at radius 1 is 1.37 bits per heavy atom. The molecule has 2 aliphatic carbocycles. The molecule has 3 atom stereocenters. The zero-order valence-electron chi connectivity index (χ0n) is 11.4. The summed E-state index contributed by atoms with van der Waals surface area (Å²) in [7, 11) is 1.70. The molecule has 0 radical (unpaired) electrons. The lowest BCUT2D eigenvalue weighted by Gasteiger charge is -2.38. The summed E-state index contributed by atoms with van der Waals surface area (Å²) in [6, 6.07) is 6.33. The van der Waals surface area contributed by atoms with Gasteiger partial charge in [-0.1, -0.05) is 12.5 Å². The summed E-state index contributed by atoms with van der Waals surface area (Å²) in [6.45, 7) is 0.724. The monoisotopic (exact) mass is 258 g/mol. The Kier molecular flexibility index (Phi) is 2.30. The van der Waals surface area contributed by atoms with Gasteiger partial charge < -0.3 is 4.74 Å². The van der Waals surface area contributed by atoms with Gasteiger partial charge in [0.05, 0.1) is 7.11 Å². The number of nitroso groups, excluding NO2 is 1. The van der Waals surface area contributed by atoms with Gasteiger partial charge in [-0.25, -0.2) is 0 Å². The molecule has 4 rings (SSSR count). The lowest BCUT2D eigenvalue weighted by atomic mass is 9.61. The normalized spacial score (nSPS) is 35.7. The maximum atomic E-state index is 12.7. The zero-order chi connectivity index (χ0) is 13.0. The molecule has 1 aromatic carbocycles. The van der Waals surface area contributed by atoms with E-state index in [4.69, 9.17) is 4.74 Å². The summed E-state index contributed by atoms with van der Waals surface area (Å²) in [5.41, 5.74) is 2.41. The van der Waals surface area contributed by atoms with Crippen LogP contribution in [0.3, 0.4) is 0 Å². The number of rotatable bonds is 1. The van der Waals surface area contributed by atoms with E-state index < -0.39 is 0 Å². The van der Waals surface area contributed by atoms with Gasteiger partial charge in [0, 0.05) is 33.5 Å². The minimum absolute atomic E-state index is 0.231. The third kappa shape index (κ3) is 1.33. The van der Waals surface area contributed by atoms with E-state index in [1.807, 2.05) is 6.07 Å². The molecule has 3 heteroatoms. The third-order valence-corrected chi connectivity index (χ3v) is 5.62. The summed E-state index contributed by atoms with van der Waals surface area (Å²) in [5.74, 6) is 2.02. The smallest absolute Gasteiger partial charge is 0.239 e. The van der Waals surface area contributed by atoms with Gasteiger partial charge in [-0.3, -0.25) is 0 Å². The van der Waals surface area contributed by atoms with Crippen LogP contribution < -0.4 is 4.74 Å². The van der Waals surface area contributed by atoms with Gasteiger partial charge in [0.15, 0.2) is 6.54 Å². The molecule has 2 bridgehead atoms. The Balaban J connectivity index is 1.94. The van der Waals surface area contributed by atoms with Crippen LogP contribution >= 0.6 is 0 Å². The Hall–Kier alpha value is -1.38. The average molecular weight is 258 g/mol. The first-order valence-electron chi connectivity index (χ1n) is 7.38. The van der Waals surface area contributed by atoms with Crippen molar-refractivity contribution < 1.29 is 9.50 Å². The second-order valence-corrected chi connectivity index (χ2v) is 6.32. The lowest BCUT2D eigenvalue weighted by Crippen LogP contribution is -2.44. The molecule has 1 aromatic rings. The molecular weight excluding hydrogens is 238 g/mol. The van der Waals surface area contributed by atoms with Crippen molar-refractivity contribution in [3.63, 3.8) is 0 Å². The number of hydrogen-bond acceptors (Lipinski definition) is 2. The number of fused-ring (bicyclic) bond motifs is 1. The van der Waals surface area contributed by atoms with Gasteiger partial charge in [0.2, 0.25) is 5.54 Å². The van der Waals surface area contributed by atoms with E-state index in [1.165, 1.54) is 35.1 Å². The molecule has 0 aromatic heterocycles. The van der Waals surface area contributed by atoms with Crippen LogP contribution in [-0.2, 0) is 12.0 Å². The predicted octanol–water partition coefficient (Wildman–Crippen LogP) is 3.05. The molecule has 19 heavy (non-hydrogen) atoms. The number of nitrogens with zero attached hydrogens (tertiary/aromatic N) is 1. The molecule has 1 aliphatic heterocycles. The van der Waals surface area contributed by atoms with Gasteiger partial charge in [0.25, 0.3) is 0 Å². The highest BCUT2D eigenvalue weighted by Gasteiger charge is 2.66. The van der Waals surface area contributed by atoms with E-state index in [-0.39, 0.29) is 5.54 Å². The molecule has 1 saturated carbocycles. The fourth-order valence-corrected chi connectivity index (χ4v) is 4.84. The summed E-state index contributed by atoms with van der Waals surface area (Å²) in [6.07, 6.45) is 5.79. The molecule has 2 fully saturated rings. The number of ether oxygens (including phenoxy) is 1. The summed E-state index contributed by atoms with van der Waals surface area (Å²) in [5, 5.41) is 0. The van der Waals surface area contributed by atoms with Crippen LogP contribution in [0.5, 0.6) is 5.75 Å². The van der Waals surface area contributed by atoms with Crippen LogP contribution in [0, 0.1) is 16.7 Å². The first-order valence-corrected chi connectivity index (χ1v) is 7.38. The highest BCUT2D eigenvalue weighted by Crippen LogP contribution is 2.57. The first kappa shape index (κ1) is 11.4.